The second kappa shape index (κ2) is 11.2. The van der Waals surface area contributed by atoms with Crippen LogP contribution in [0, 0.1) is 0 Å². The molecule has 0 bridgehead atoms. The Balaban J connectivity index is 2.36. The molecule has 4 N–H and O–H groups in total. The lowest BCUT2D eigenvalue weighted by molar-refractivity contribution is -0.143. The Bertz CT molecular complexity index is 539. The lowest BCUT2D eigenvalue weighted by Gasteiger charge is -2.16. The molecule has 1 rings (SSSR count). The third-order valence-corrected chi connectivity index (χ3v) is 3.35. The number of rotatable bonds is 9. The fourth-order valence-corrected chi connectivity index (χ4v) is 2.09. The van der Waals surface area contributed by atoms with Crippen LogP contribution in [0.15, 0.2) is 30.3 Å². The summed E-state index contributed by atoms with van der Waals surface area (Å²) in [5, 5.41) is 5.59. The zero-order chi connectivity index (χ0) is 17.8. The van der Waals surface area contributed by atoms with Crippen molar-refractivity contribution < 1.29 is 19.1 Å². The molecule has 0 aliphatic heterocycles. The summed E-state index contributed by atoms with van der Waals surface area (Å²) in [6.07, 6.45) is 1.22. The van der Waals surface area contributed by atoms with Crippen molar-refractivity contribution in [3.8, 4) is 0 Å². The van der Waals surface area contributed by atoms with Crippen molar-refractivity contribution in [2.45, 2.75) is 31.9 Å². The number of unbranched alkanes of at least 4 members (excludes halogenated alkanes) is 1. The number of carbonyl (C=O) groups excluding carboxylic acids is 2. The number of ether oxygens (including phenoxy) is 2. The first kappa shape index (κ1) is 19.7. The molecule has 1 aromatic carbocycles. The van der Waals surface area contributed by atoms with Gasteiger partial charge in [0.2, 0.25) is 0 Å². The molecule has 0 radical (unpaired) electrons. The summed E-state index contributed by atoms with van der Waals surface area (Å²) < 4.78 is 9.81. The zero-order valence-corrected chi connectivity index (χ0v) is 14.4. The summed E-state index contributed by atoms with van der Waals surface area (Å²) in [5.74, 6) is -0.506. The molecule has 1 aromatic rings. The van der Waals surface area contributed by atoms with Crippen LogP contribution in [0.3, 0.4) is 0 Å². The molecule has 8 heteroatoms. The number of hydrogen-bond acceptors (Lipinski definition) is 5. The number of nitrogens with one attached hydrogen (secondary N) is 2. The summed E-state index contributed by atoms with van der Waals surface area (Å²) in [4.78, 5) is 23.6. The molecule has 0 aromatic heterocycles. The zero-order valence-electron chi connectivity index (χ0n) is 13.6. The van der Waals surface area contributed by atoms with Crippen LogP contribution in [0.5, 0.6) is 0 Å². The Morgan fingerprint density at radius 1 is 1.25 bits per heavy atom. The van der Waals surface area contributed by atoms with Crippen molar-refractivity contribution in [1.82, 2.24) is 10.6 Å². The Morgan fingerprint density at radius 3 is 2.58 bits per heavy atom. The summed E-state index contributed by atoms with van der Waals surface area (Å²) in [7, 11) is 1.28. The number of hydrogen-bond donors (Lipinski definition) is 3. The van der Waals surface area contributed by atoms with E-state index in [0.717, 1.165) is 12.0 Å². The van der Waals surface area contributed by atoms with E-state index in [2.05, 4.69) is 10.6 Å². The second-order valence-corrected chi connectivity index (χ2v) is 5.51. The minimum atomic E-state index is -0.747. The third kappa shape index (κ3) is 8.33. The first-order chi connectivity index (χ1) is 11.5. The Hall–Kier alpha value is -2.35. The number of methoxy groups -OCH3 is 1. The van der Waals surface area contributed by atoms with Crippen LogP contribution in [0.25, 0.3) is 0 Å². The van der Waals surface area contributed by atoms with Crippen molar-refractivity contribution in [3.63, 3.8) is 0 Å². The fraction of sp³-hybridized carbons (Fsp3) is 0.438. The monoisotopic (exact) mass is 353 g/mol. The van der Waals surface area contributed by atoms with Crippen molar-refractivity contribution >= 4 is 29.4 Å². The van der Waals surface area contributed by atoms with E-state index in [-0.39, 0.29) is 11.7 Å². The van der Waals surface area contributed by atoms with Gasteiger partial charge in [-0.3, -0.25) is 0 Å². The second-order valence-electron chi connectivity index (χ2n) is 5.07. The van der Waals surface area contributed by atoms with Gasteiger partial charge in [0, 0.05) is 6.54 Å². The maximum Gasteiger partial charge on any atom is 0.408 e. The van der Waals surface area contributed by atoms with Gasteiger partial charge in [0.25, 0.3) is 0 Å². The van der Waals surface area contributed by atoms with Gasteiger partial charge in [-0.2, -0.15) is 0 Å². The van der Waals surface area contributed by atoms with Gasteiger partial charge >= 0.3 is 12.1 Å². The van der Waals surface area contributed by atoms with Crippen LogP contribution in [-0.4, -0.2) is 36.9 Å². The molecular formula is C16H23N3O4S. The Labute approximate surface area is 146 Å². The molecule has 24 heavy (non-hydrogen) atoms. The predicted molar refractivity (Wildman–Crippen MR) is 94.2 cm³/mol. The number of nitrogens with two attached hydrogens (primary N) is 1. The van der Waals surface area contributed by atoms with Crippen LogP contribution in [-0.2, 0) is 20.9 Å². The third-order valence-electron chi connectivity index (χ3n) is 3.21. The van der Waals surface area contributed by atoms with Crippen LogP contribution >= 0.6 is 12.2 Å². The highest BCUT2D eigenvalue weighted by atomic mass is 32.1. The van der Waals surface area contributed by atoms with Crippen LogP contribution in [0.2, 0.25) is 0 Å². The smallest absolute Gasteiger partial charge is 0.408 e. The molecule has 0 heterocycles. The average Bonchev–Trinajstić information content (AvgIpc) is 2.58. The molecule has 0 aliphatic carbocycles. The standard InChI is InChI=1S/C16H23N3O4S/c1-22-14(20)13(9-5-6-10-18-15(17)24)19-16(21)23-11-12-7-3-2-4-8-12/h2-4,7-8,13H,5-6,9-11H2,1H3,(H,19,21)(H3,17,18,24)/t13-/m0/s1. The Kier molecular flexibility index (Phi) is 9.21. The highest BCUT2D eigenvalue weighted by molar-refractivity contribution is 7.80. The molecule has 0 aliphatic rings. The Morgan fingerprint density at radius 2 is 1.96 bits per heavy atom. The first-order valence-electron chi connectivity index (χ1n) is 7.61. The average molecular weight is 353 g/mol. The molecule has 7 nitrogen and oxygen atoms in total. The molecule has 0 fully saturated rings. The van der Waals surface area contributed by atoms with Gasteiger partial charge in [0.15, 0.2) is 5.11 Å². The summed E-state index contributed by atoms with van der Waals surface area (Å²) in [6.45, 7) is 0.750. The SMILES string of the molecule is COC(=O)[C@H](CCCCNC(N)=S)NC(=O)OCc1ccccc1. The van der Waals surface area contributed by atoms with E-state index in [1.165, 1.54) is 7.11 Å². The van der Waals surface area contributed by atoms with Gasteiger partial charge in [-0.05, 0) is 37.0 Å². The number of carbonyl (C=O) groups is 2. The van der Waals surface area contributed by atoms with Crippen LogP contribution in [0.1, 0.15) is 24.8 Å². The van der Waals surface area contributed by atoms with E-state index < -0.39 is 18.1 Å². The van der Waals surface area contributed by atoms with E-state index in [4.69, 9.17) is 27.4 Å². The number of thiocarbonyl (C=S) groups is 1. The molecule has 132 valence electrons. The molecular weight excluding hydrogens is 330 g/mol. The van der Waals surface area contributed by atoms with E-state index in [0.29, 0.717) is 19.4 Å². The topological polar surface area (TPSA) is 103 Å². The van der Waals surface area contributed by atoms with Gasteiger partial charge in [-0.15, -0.1) is 0 Å². The molecule has 1 atom stereocenters. The van der Waals surface area contributed by atoms with E-state index in [9.17, 15) is 9.59 Å². The summed E-state index contributed by atoms with van der Waals surface area (Å²) in [5.41, 5.74) is 6.19. The van der Waals surface area contributed by atoms with Crippen molar-refractivity contribution in [2.24, 2.45) is 5.73 Å². The summed E-state index contributed by atoms with van der Waals surface area (Å²) >= 11 is 4.70. The fourth-order valence-electron chi connectivity index (χ4n) is 1.98. The molecule has 0 saturated carbocycles. The van der Waals surface area contributed by atoms with E-state index in [1.807, 2.05) is 30.3 Å². The number of amides is 1. The predicted octanol–water partition coefficient (Wildman–Crippen LogP) is 1.46. The molecule has 0 unspecified atom stereocenters. The first-order valence-corrected chi connectivity index (χ1v) is 8.02. The highest BCUT2D eigenvalue weighted by Gasteiger charge is 2.21. The molecule has 0 spiro atoms. The minimum Gasteiger partial charge on any atom is -0.467 e. The van der Waals surface area contributed by atoms with Crippen LogP contribution < -0.4 is 16.4 Å². The normalized spacial score (nSPS) is 11.2. The van der Waals surface area contributed by atoms with Crippen LogP contribution in [0.4, 0.5) is 4.79 Å². The van der Waals surface area contributed by atoms with Crippen molar-refractivity contribution in [3.05, 3.63) is 35.9 Å². The largest absolute Gasteiger partial charge is 0.467 e. The van der Waals surface area contributed by atoms with Gasteiger partial charge < -0.3 is 25.8 Å². The number of benzene rings is 1. The number of alkyl carbamates (subject to hydrolysis) is 1. The molecule has 1 amide bonds. The maximum absolute atomic E-state index is 11.8. The van der Waals surface area contributed by atoms with Gasteiger partial charge in [-0.1, -0.05) is 30.3 Å². The van der Waals surface area contributed by atoms with E-state index >= 15 is 0 Å². The van der Waals surface area contributed by atoms with Gasteiger partial charge in [-0.25, -0.2) is 9.59 Å². The molecule has 0 saturated heterocycles. The van der Waals surface area contributed by atoms with Gasteiger partial charge in [0.05, 0.1) is 7.11 Å². The minimum absolute atomic E-state index is 0.137. The van der Waals surface area contributed by atoms with Gasteiger partial charge in [0.1, 0.15) is 12.6 Å². The maximum atomic E-state index is 11.8. The number of esters is 1. The summed E-state index contributed by atoms with van der Waals surface area (Å²) in [6, 6.07) is 8.54. The lowest BCUT2D eigenvalue weighted by Crippen LogP contribution is -2.41. The van der Waals surface area contributed by atoms with Crippen molar-refractivity contribution in [1.29, 1.82) is 0 Å². The highest BCUT2D eigenvalue weighted by Crippen LogP contribution is 2.05. The lowest BCUT2D eigenvalue weighted by atomic mass is 10.1. The quantitative estimate of drug-likeness (QED) is 0.351. The van der Waals surface area contributed by atoms with Crippen molar-refractivity contribution in [2.75, 3.05) is 13.7 Å². The van der Waals surface area contributed by atoms with E-state index in [1.54, 1.807) is 0 Å².